The number of hydrogen-bond acceptors (Lipinski definition) is 3. The van der Waals surface area contributed by atoms with Gasteiger partial charge >= 0.3 is 12.4 Å². The Morgan fingerprint density at radius 1 is 1.00 bits per heavy atom. The fraction of sp³-hybridized carbons (Fsp3) is 0.519. The number of hydrogen-bond donors (Lipinski definition) is 1. The van der Waals surface area contributed by atoms with E-state index in [0.717, 1.165) is 0 Å². The topological polar surface area (TPSA) is 49.8 Å². The molecule has 1 aliphatic heterocycles. The third kappa shape index (κ3) is 5.54. The molecule has 0 radical (unpaired) electrons. The summed E-state index contributed by atoms with van der Waals surface area (Å²) >= 11 is 0. The molecule has 1 heterocycles. The maximum absolute atomic E-state index is 13.7. The van der Waals surface area contributed by atoms with Gasteiger partial charge < -0.3 is 14.7 Å². The number of ether oxygens (including phenoxy) is 1. The molecule has 11 heteroatoms. The molecule has 1 amide bonds. The number of aliphatic hydroxyl groups is 1. The van der Waals surface area contributed by atoms with Crippen LogP contribution >= 0.6 is 0 Å². The molecule has 1 N–H and O–H groups in total. The van der Waals surface area contributed by atoms with Crippen LogP contribution in [0.4, 0.5) is 30.7 Å². The van der Waals surface area contributed by atoms with Gasteiger partial charge in [-0.3, -0.25) is 4.79 Å². The standard InChI is InChI=1S/C27H28F7NO3/c1-14(16-10-17(26(29,30)31)12-18(11-16)27(32,33)34)38-22-9-8-20(21-13-25(2,37)24(36)35(21)3)23(22)15-4-6-19(28)7-5-15/h4-7,10-12,14,20-23,37H,8-9,13H2,1-3H3/t14-,20+,21-,22+,23+,25+/m1/s1. The van der Waals surface area contributed by atoms with Crippen molar-refractivity contribution in [3.63, 3.8) is 0 Å². The van der Waals surface area contributed by atoms with Crippen LogP contribution in [0.3, 0.4) is 0 Å². The summed E-state index contributed by atoms with van der Waals surface area (Å²) in [6.07, 6.45) is -10.7. The number of alkyl halides is 6. The molecular weight excluding hydrogens is 519 g/mol. The Labute approximate surface area is 215 Å². The van der Waals surface area contributed by atoms with Crippen molar-refractivity contribution in [2.75, 3.05) is 7.05 Å². The molecule has 4 nitrogen and oxygen atoms in total. The molecule has 4 rings (SSSR count). The summed E-state index contributed by atoms with van der Waals surface area (Å²) in [5, 5.41) is 10.5. The molecule has 1 saturated heterocycles. The number of likely N-dealkylation sites (tertiary alicyclic amines) is 1. The summed E-state index contributed by atoms with van der Waals surface area (Å²) in [5.74, 6) is -1.61. The number of halogens is 7. The van der Waals surface area contributed by atoms with Gasteiger partial charge in [-0.15, -0.1) is 0 Å². The van der Waals surface area contributed by atoms with E-state index in [1.165, 1.54) is 30.9 Å². The van der Waals surface area contributed by atoms with Crippen molar-refractivity contribution in [1.29, 1.82) is 0 Å². The highest BCUT2D eigenvalue weighted by Gasteiger charge is 2.53. The van der Waals surface area contributed by atoms with Gasteiger partial charge in [-0.05, 0) is 74.1 Å². The molecule has 208 valence electrons. The first-order valence-corrected chi connectivity index (χ1v) is 12.2. The lowest BCUT2D eigenvalue weighted by atomic mass is 9.81. The van der Waals surface area contributed by atoms with Gasteiger partial charge in [0.2, 0.25) is 0 Å². The van der Waals surface area contributed by atoms with Crippen LogP contribution in [-0.4, -0.2) is 40.7 Å². The Balaban J connectivity index is 1.67. The number of likely N-dealkylation sites (N-methyl/N-ethyl adjacent to an activating group) is 1. The number of nitrogens with zero attached hydrogens (tertiary/aromatic N) is 1. The van der Waals surface area contributed by atoms with Crippen LogP contribution in [-0.2, 0) is 21.9 Å². The molecular formula is C27H28F7NO3. The van der Waals surface area contributed by atoms with E-state index in [1.807, 2.05) is 0 Å². The minimum atomic E-state index is -4.98. The third-order valence-electron chi connectivity index (χ3n) is 7.74. The van der Waals surface area contributed by atoms with Gasteiger partial charge in [-0.1, -0.05) is 12.1 Å². The molecule has 2 aliphatic rings. The number of rotatable bonds is 5. The summed E-state index contributed by atoms with van der Waals surface area (Å²) in [7, 11) is 1.58. The Morgan fingerprint density at radius 2 is 1.55 bits per heavy atom. The van der Waals surface area contributed by atoms with Gasteiger partial charge in [0, 0.05) is 25.4 Å². The predicted molar refractivity (Wildman–Crippen MR) is 123 cm³/mol. The quantitative estimate of drug-likeness (QED) is 0.436. The normalized spacial score (nSPS) is 29.2. The molecule has 0 unspecified atom stereocenters. The molecule has 38 heavy (non-hydrogen) atoms. The molecule has 0 spiro atoms. The van der Waals surface area contributed by atoms with Gasteiger partial charge in [-0.2, -0.15) is 26.3 Å². The molecule has 1 saturated carbocycles. The molecule has 0 aromatic heterocycles. The maximum atomic E-state index is 13.7. The van der Waals surface area contributed by atoms with E-state index in [0.29, 0.717) is 30.5 Å². The highest BCUT2D eigenvalue weighted by Crippen LogP contribution is 2.49. The van der Waals surface area contributed by atoms with Gasteiger partial charge in [-0.25, -0.2) is 4.39 Å². The number of benzene rings is 2. The smallest absolute Gasteiger partial charge is 0.380 e. The van der Waals surface area contributed by atoms with Crippen LogP contribution in [0.5, 0.6) is 0 Å². The summed E-state index contributed by atoms with van der Waals surface area (Å²) in [4.78, 5) is 14.0. The minimum Gasteiger partial charge on any atom is -0.380 e. The van der Waals surface area contributed by atoms with Gasteiger partial charge in [0.1, 0.15) is 11.4 Å². The van der Waals surface area contributed by atoms with Crippen LogP contribution in [0, 0.1) is 11.7 Å². The lowest BCUT2D eigenvalue weighted by molar-refractivity contribution is -0.143. The van der Waals surface area contributed by atoms with Crippen molar-refractivity contribution in [2.24, 2.45) is 5.92 Å². The SMILES string of the molecule is C[C@@H](O[C@H]1CC[C@@H]([C@H]2C[C@](C)(O)C(=O)N2C)[C@@H]1c1ccc(F)cc1)c1cc(C(F)(F)F)cc(C(F)(F)F)c1. The molecule has 2 aromatic rings. The average molecular weight is 548 g/mol. The zero-order chi connectivity index (χ0) is 28.2. The highest BCUT2D eigenvalue weighted by molar-refractivity contribution is 5.87. The first kappa shape index (κ1) is 28.4. The Kier molecular flexibility index (Phi) is 7.33. The van der Waals surface area contributed by atoms with E-state index >= 15 is 0 Å². The van der Waals surface area contributed by atoms with Crippen molar-refractivity contribution in [1.82, 2.24) is 4.90 Å². The van der Waals surface area contributed by atoms with Crippen molar-refractivity contribution < 1.29 is 45.4 Å². The second-order valence-electron chi connectivity index (χ2n) is 10.4. The fourth-order valence-corrected chi connectivity index (χ4v) is 5.88. The van der Waals surface area contributed by atoms with Crippen LogP contribution in [0.15, 0.2) is 42.5 Å². The van der Waals surface area contributed by atoms with Crippen LogP contribution in [0.25, 0.3) is 0 Å². The number of amides is 1. The molecule has 2 aromatic carbocycles. The molecule has 0 bridgehead atoms. The third-order valence-corrected chi connectivity index (χ3v) is 7.74. The highest BCUT2D eigenvalue weighted by atomic mass is 19.4. The largest absolute Gasteiger partial charge is 0.416 e. The average Bonchev–Trinajstić information content (AvgIpc) is 3.31. The van der Waals surface area contributed by atoms with Gasteiger partial charge in [0.25, 0.3) is 5.91 Å². The lowest BCUT2D eigenvalue weighted by Crippen LogP contribution is -2.39. The van der Waals surface area contributed by atoms with E-state index in [9.17, 15) is 40.6 Å². The van der Waals surface area contributed by atoms with Crippen molar-refractivity contribution >= 4 is 5.91 Å². The van der Waals surface area contributed by atoms with E-state index in [4.69, 9.17) is 4.74 Å². The van der Waals surface area contributed by atoms with Crippen molar-refractivity contribution in [3.05, 3.63) is 70.5 Å². The second kappa shape index (κ2) is 9.82. The van der Waals surface area contributed by atoms with Gasteiger partial charge in [0.15, 0.2) is 0 Å². The zero-order valence-corrected chi connectivity index (χ0v) is 20.9. The molecule has 2 fully saturated rings. The first-order valence-electron chi connectivity index (χ1n) is 12.2. The number of carbonyl (C=O) groups excluding carboxylic acids is 1. The lowest BCUT2D eigenvalue weighted by Gasteiger charge is -2.33. The van der Waals surface area contributed by atoms with E-state index < -0.39 is 58.9 Å². The summed E-state index contributed by atoms with van der Waals surface area (Å²) in [6, 6.07) is 6.62. The first-order chi connectivity index (χ1) is 17.5. The monoisotopic (exact) mass is 547 g/mol. The minimum absolute atomic E-state index is 0.0714. The van der Waals surface area contributed by atoms with Gasteiger partial charge in [0.05, 0.1) is 23.3 Å². The maximum Gasteiger partial charge on any atom is 0.416 e. The summed E-state index contributed by atoms with van der Waals surface area (Å²) < 4.78 is 100. The second-order valence-corrected chi connectivity index (χ2v) is 10.4. The van der Waals surface area contributed by atoms with E-state index in [2.05, 4.69) is 0 Å². The van der Waals surface area contributed by atoms with Crippen LogP contribution in [0.2, 0.25) is 0 Å². The summed E-state index contributed by atoms with van der Waals surface area (Å²) in [5.41, 5.74) is -4.02. The predicted octanol–water partition coefficient (Wildman–Crippen LogP) is 6.49. The van der Waals surface area contributed by atoms with Crippen LogP contribution in [0.1, 0.15) is 67.4 Å². The van der Waals surface area contributed by atoms with E-state index in [-0.39, 0.29) is 30.0 Å². The number of carbonyl (C=O) groups is 1. The zero-order valence-electron chi connectivity index (χ0n) is 20.9. The molecule has 6 atom stereocenters. The Bertz CT molecular complexity index is 1140. The van der Waals surface area contributed by atoms with Crippen LogP contribution < -0.4 is 0 Å². The molecule has 1 aliphatic carbocycles. The van der Waals surface area contributed by atoms with E-state index in [1.54, 1.807) is 19.2 Å². The fourth-order valence-electron chi connectivity index (χ4n) is 5.88. The Hall–Kier alpha value is -2.66. The summed E-state index contributed by atoms with van der Waals surface area (Å²) in [6.45, 7) is 2.82. The van der Waals surface area contributed by atoms with Crippen molar-refractivity contribution in [3.8, 4) is 0 Å². The Morgan fingerprint density at radius 3 is 2.03 bits per heavy atom. The van der Waals surface area contributed by atoms with Crippen molar-refractivity contribution in [2.45, 2.75) is 75.2 Å².